The molecule has 0 aromatic heterocycles. The third kappa shape index (κ3) is 8.56. The molecular formula is C18H25N3O7. The smallest absolute Gasteiger partial charge is 0.333 e. The second kappa shape index (κ2) is 12.4. The molecule has 1 saturated heterocycles. The molecule has 0 aromatic carbocycles. The summed E-state index contributed by atoms with van der Waals surface area (Å²) in [5.74, 6) is -2.21. The topological polar surface area (TPSA) is 130 Å². The molecule has 1 fully saturated rings. The number of carbonyl (C=O) groups excluding carboxylic acids is 6. The van der Waals surface area contributed by atoms with Crippen LogP contribution in [0.5, 0.6) is 0 Å². The van der Waals surface area contributed by atoms with E-state index in [2.05, 4.69) is 5.32 Å². The fourth-order valence-corrected chi connectivity index (χ4v) is 2.32. The summed E-state index contributed by atoms with van der Waals surface area (Å²) in [6, 6.07) is 0. The second-order valence-corrected chi connectivity index (χ2v) is 6.21. The number of amides is 4. The summed E-state index contributed by atoms with van der Waals surface area (Å²) >= 11 is 0. The van der Waals surface area contributed by atoms with Gasteiger partial charge in [0.2, 0.25) is 11.8 Å². The highest BCUT2D eigenvalue weighted by atomic mass is 16.7. The van der Waals surface area contributed by atoms with Crippen molar-refractivity contribution in [3.05, 3.63) is 12.2 Å². The first-order valence-electron chi connectivity index (χ1n) is 9.05. The number of likely N-dealkylation sites (N-methyl/N-ethyl adjacent to an activating group) is 1. The fourth-order valence-electron chi connectivity index (χ4n) is 2.32. The lowest BCUT2D eigenvalue weighted by Crippen LogP contribution is -2.32. The third-order valence-electron chi connectivity index (χ3n) is 3.95. The highest BCUT2D eigenvalue weighted by Gasteiger charge is 2.32. The van der Waals surface area contributed by atoms with E-state index < -0.39 is 17.8 Å². The molecule has 1 aliphatic heterocycles. The van der Waals surface area contributed by atoms with E-state index in [0.29, 0.717) is 37.2 Å². The lowest BCUT2D eigenvalue weighted by molar-refractivity contribution is -0.197. The predicted molar refractivity (Wildman–Crippen MR) is 96.1 cm³/mol. The zero-order valence-corrected chi connectivity index (χ0v) is 15.8. The average Bonchev–Trinajstić information content (AvgIpc) is 2.98. The van der Waals surface area contributed by atoms with Crippen LogP contribution in [0.2, 0.25) is 0 Å². The monoisotopic (exact) mass is 395 g/mol. The maximum absolute atomic E-state index is 11.7. The summed E-state index contributed by atoms with van der Waals surface area (Å²) in [5, 5.41) is 3.24. The van der Waals surface area contributed by atoms with Crippen LogP contribution in [-0.4, -0.2) is 66.0 Å². The molecule has 0 bridgehead atoms. The van der Waals surface area contributed by atoms with Crippen LogP contribution in [0.1, 0.15) is 44.9 Å². The number of allylic oxidation sites excluding steroid dienone is 1. The highest BCUT2D eigenvalue weighted by molar-refractivity contribution is 6.01. The Morgan fingerprint density at radius 2 is 1.79 bits per heavy atom. The molecule has 1 rings (SSSR count). The number of hydroxylamine groups is 2. The number of imide groups is 1. The third-order valence-corrected chi connectivity index (χ3v) is 3.95. The van der Waals surface area contributed by atoms with Crippen molar-refractivity contribution in [2.75, 3.05) is 20.1 Å². The van der Waals surface area contributed by atoms with E-state index in [1.165, 1.54) is 11.9 Å². The number of unbranched alkanes of at least 4 members (excludes halogenated alkanes) is 2. The fraction of sp³-hybridized carbons (Fsp3) is 0.556. The van der Waals surface area contributed by atoms with Gasteiger partial charge in [0.25, 0.3) is 11.8 Å². The summed E-state index contributed by atoms with van der Waals surface area (Å²) in [6.07, 6.45) is 4.88. The number of rotatable bonds is 12. The van der Waals surface area contributed by atoms with Gasteiger partial charge in [0.15, 0.2) is 0 Å². The molecular weight excluding hydrogens is 370 g/mol. The minimum atomic E-state index is -0.635. The molecule has 0 aliphatic carbocycles. The Morgan fingerprint density at radius 3 is 2.43 bits per heavy atom. The van der Waals surface area contributed by atoms with Crippen LogP contribution >= 0.6 is 0 Å². The predicted octanol–water partition coefficient (Wildman–Crippen LogP) is -0.126. The zero-order chi connectivity index (χ0) is 20.9. The molecule has 0 spiro atoms. The Balaban J connectivity index is 2.06. The molecule has 154 valence electrons. The van der Waals surface area contributed by atoms with Crippen LogP contribution in [0, 0.1) is 0 Å². The minimum absolute atomic E-state index is 0.0607. The van der Waals surface area contributed by atoms with Crippen LogP contribution in [0.25, 0.3) is 0 Å². The molecule has 1 heterocycles. The Hall–Kier alpha value is -3.04. The molecule has 0 atom stereocenters. The summed E-state index contributed by atoms with van der Waals surface area (Å²) in [7, 11) is 1.53. The average molecular weight is 395 g/mol. The number of aldehydes is 1. The molecule has 0 radical (unpaired) electrons. The number of nitrogens with one attached hydrogen (secondary N) is 1. The van der Waals surface area contributed by atoms with Gasteiger partial charge < -0.3 is 15.1 Å². The standard InChI is InChI=1S/C18H25N3O7/c1-20(15(24)6-5-13-22)12-10-14(23)19-11-4-2-3-7-18(27)28-21-16(25)8-9-17(21)26/h5-6,13H,2-4,7-12H2,1H3,(H,19,23)/b6-5-. The Labute approximate surface area is 162 Å². The maximum Gasteiger partial charge on any atom is 0.333 e. The van der Waals surface area contributed by atoms with Crippen molar-refractivity contribution in [3.8, 4) is 0 Å². The molecule has 0 unspecified atom stereocenters. The van der Waals surface area contributed by atoms with Gasteiger partial charge in [-0.1, -0.05) is 6.42 Å². The first kappa shape index (κ1) is 23.0. The van der Waals surface area contributed by atoms with Crippen molar-refractivity contribution in [1.29, 1.82) is 0 Å². The quantitative estimate of drug-likeness (QED) is 0.211. The van der Waals surface area contributed by atoms with Gasteiger partial charge in [-0.15, -0.1) is 5.06 Å². The molecule has 0 aromatic rings. The van der Waals surface area contributed by atoms with Gasteiger partial charge in [-0.3, -0.25) is 24.0 Å². The van der Waals surface area contributed by atoms with E-state index in [9.17, 15) is 28.8 Å². The van der Waals surface area contributed by atoms with Crippen molar-refractivity contribution in [1.82, 2.24) is 15.3 Å². The van der Waals surface area contributed by atoms with Gasteiger partial charge in [-0.05, 0) is 18.9 Å². The lowest BCUT2D eigenvalue weighted by Gasteiger charge is -2.14. The second-order valence-electron chi connectivity index (χ2n) is 6.21. The summed E-state index contributed by atoms with van der Waals surface area (Å²) in [6.45, 7) is 0.660. The minimum Gasteiger partial charge on any atom is -0.356 e. The number of nitrogens with zero attached hydrogens (tertiary/aromatic N) is 2. The van der Waals surface area contributed by atoms with Crippen molar-refractivity contribution in [2.45, 2.75) is 44.9 Å². The Bertz CT molecular complexity index is 629. The van der Waals surface area contributed by atoms with Crippen molar-refractivity contribution >= 4 is 35.9 Å². The van der Waals surface area contributed by atoms with Crippen LogP contribution in [0.3, 0.4) is 0 Å². The first-order valence-corrected chi connectivity index (χ1v) is 9.05. The normalized spacial score (nSPS) is 13.7. The zero-order valence-electron chi connectivity index (χ0n) is 15.8. The van der Waals surface area contributed by atoms with Gasteiger partial charge in [0.1, 0.15) is 6.29 Å². The number of carbonyl (C=O) groups is 6. The largest absolute Gasteiger partial charge is 0.356 e. The van der Waals surface area contributed by atoms with E-state index in [1.807, 2.05) is 0 Å². The summed E-state index contributed by atoms with van der Waals surface area (Å²) < 4.78 is 0. The van der Waals surface area contributed by atoms with Crippen LogP contribution in [0.15, 0.2) is 12.2 Å². The lowest BCUT2D eigenvalue weighted by atomic mass is 10.2. The van der Waals surface area contributed by atoms with Gasteiger partial charge in [0.05, 0.1) is 0 Å². The molecule has 10 heteroatoms. The highest BCUT2D eigenvalue weighted by Crippen LogP contribution is 2.13. The van der Waals surface area contributed by atoms with Crippen LogP contribution < -0.4 is 5.32 Å². The number of hydrogen-bond acceptors (Lipinski definition) is 7. The van der Waals surface area contributed by atoms with Crippen molar-refractivity contribution in [2.24, 2.45) is 0 Å². The maximum atomic E-state index is 11.7. The van der Waals surface area contributed by atoms with E-state index in [4.69, 9.17) is 4.84 Å². The van der Waals surface area contributed by atoms with Gasteiger partial charge in [-0.25, -0.2) is 4.79 Å². The van der Waals surface area contributed by atoms with Crippen LogP contribution in [0.4, 0.5) is 0 Å². The van der Waals surface area contributed by atoms with Crippen LogP contribution in [-0.2, 0) is 33.6 Å². The Kier molecular flexibility index (Phi) is 10.2. The molecule has 4 amide bonds. The van der Waals surface area contributed by atoms with E-state index >= 15 is 0 Å². The Morgan fingerprint density at radius 1 is 1.11 bits per heavy atom. The molecule has 1 N–H and O–H groups in total. The first-order chi connectivity index (χ1) is 13.3. The van der Waals surface area contributed by atoms with E-state index in [0.717, 1.165) is 12.2 Å². The van der Waals surface area contributed by atoms with E-state index in [-0.39, 0.29) is 44.0 Å². The van der Waals surface area contributed by atoms with Gasteiger partial charge >= 0.3 is 5.97 Å². The summed E-state index contributed by atoms with van der Waals surface area (Å²) in [4.78, 5) is 73.7. The summed E-state index contributed by atoms with van der Waals surface area (Å²) in [5.41, 5.74) is 0. The SMILES string of the molecule is CN(CCC(=O)NCCCCCC(=O)ON1C(=O)CCC1=O)C(=O)/C=C\C=O. The van der Waals surface area contributed by atoms with Crippen molar-refractivity contribution in [3.63, 3.8) is 0 Å². The number of hydrogen-bond donors (Lipinski definition) is 1. The molecule has 1 aliphatic rings. The molecule has 28 heavy (non-hydrogen) atoms. The molecule has 10 nitrogen and oxygen atoms in total. The van der Waals surface area contributed by atoms with E-state index in [1.54, 1.807) is 0 Å². The van der Waals surface area contributed by atoms with Crippen molar-refractivity contribution < 1.29 is 33.6 Å². The van der Waals surface area contributed by atoms with Gasteiger partial charge in [-0.2, -0.15) is 0 Å². The van der Waals surface area contributed by atoms with Gasteiger partial charge in [0, 0.05) is 51.9 Å². The molecule has 0 saturated carbocycles.